The first-order valence-corrected chi connectivity index (χ1v) is 0. The molecule has 4 N–H and O–H groups in total. The average Bonchev–Trinajstić information content (AvgIpc) is 0. The van der Waals surface area contributed by atoms with Crippen molar-refractivity contribution in [3.8, 4) is 0 Å². The number of rotatable bonds is 0. The van der Waals surface area contributed by atoms with Gasteiger partial charge in [0.15, 0.2) is 17.4 Å². The zero-order valence-electron chi connectivity index (χ0n) is 4.41. The van der Waals surface area contributed by atoms with Gasteiger partial charge in [-0.2, -0.15) is 0 Å². The fourth-order valence-electron chi connectivity index (χ4n) is 0. The molecule has 0 aliphatic carbocycles. The van der Waals surface area contributed by atoms with E-state index >= 15 is 0 Å². The van der Waals surface area contributed by atoms with E-state index in [1.807, 2.05) is 0 Å². The second-order valence-electron chi connectivity index (χ2n) is 0. The summed E-state index contributed by atoms with van der Waals surface area (Å²) in [5, 5.41) is 0. The van der Waals surface area contributed by atoms with Gasteiger partial charge in [0.05, 0.1) is 0 Å². The molecule has 0 aromatic carbocycles. The van der Waals surface area contributed by atoms with Gasteiger partial charge >= 0.3 is 46.1 Å². The van der Waals surface area contributed by atoms with Crippen LogP contribution in [0, 0.1) is 0 Å². The standard InChI is InChI=1S/Al.2Mg.2H2O.5H/h;;;2*1H2;;;;;/q;2*+2;;;;;;2*-1. The summed E-state index contributed by atoms with van der Waals surface area (Å²) >= 11 is 0. The van der Waals surface area contributed by atoms with Gasteiger partial charge < -0.3 is 13.8 Å². The summed E-state index contributed by atoms with van der Waals surface area (Å²) < 4.78 is 0. The Morgan fingerprint density at radius 3 is 0.800 bits per heavy atom. The molecule has 0 radical (unpaired) electrons. The van der Waals surface area contributed by atoms with Gasteiger partial charge in [0.25, 0.3) is 0 Å². The molecule has 0 atom stereocenters. The van der Waals surface area contributed by atoms with Gasteiger partial charge in [0, 0.05) is 0 Å². The third kappa shape index (κ3) is 24.1. The zero-order chi connectivity index (χ0) is 0. The van der Waals surface area contributed by atoms with Crippen LogP contribution in [0.15, 0.2) is 0 Å². The van der Waals surface area contributed by atoms with Crippen molar-refractivity contribution in [3.05, 3.63) is 0 Å². The van der Waals surface area contributed by atoms with Crippen LogP contribution in [-0.4, -0.2) is 74.4 Å². The van der Waals surface area contributed by atoms with Crippen LogP contribution in [0.25, 0.3) is 0 Å². The minimum atomic E-state index is 0. The molecular formula is H9AlMg2O2+2. The molecule has 0 amide bonds. The predicted molar refractivity (Wildman–Crippen MR) is 30.9 cm³/mol. The van der Waals surface area contributed by atoms with Crippen molar-refractivity contribution in [3.63, 3.8) is 0 Å². The summed E-state index contributed by atoms with van der Waals surface area (Å²) in [6, 6.07) is 0. The maximum Gasteiger partial charge on any atom is 2.00 e. The molecule has 0 spiro atoms. The van der Waals surface area contributed by atoms with Crippen molar-refractivity contribution in [2.75, 3.05) is 0 Å². The van der Waals surface area contributed by atoms with E-state index < -0.39 is 0 Å². The molecule has 0 heterocycles. The first kappa shape index (κ1) is 63.5. The van der Waals surface area contributed by atoms with Crippen LogP contribution in [0.1, 0.15) is 2.85 Å². The Labute approximate surface area is 76.7 Å². The Bertz CT molecular complexity index is 13.7. The molecule has 0 aliphatic rings. The monoisotopic (exact) mass is 116 g/mol. The van der Waals surface area contributed by atoms with E-state index in [0.29, 0.717) is 0 Å². The fourth-order valence-corrected chi connectivity index (χ4v) is 0. The van der Waals surface area contributed by atoms with Crippen LogP contribution in [-0.2, 0) is 0 Å². The second-order valence-corrected chi connectivity index (χ2v) is 0. The third-order valence-corrected chi connectivity index (χ3v) is 0. The summed E-state index contributed by atoms with van der Waals surface area (Å²) in [5.41, 5.74) is 0. The second kappa shape index (κ2) is 37.7. The van der Waals surface area contributed by atoms with E-state index in [0.717, 1.165) is 0 Å². The summed E-state index contributed by atoms with van der Waals surface area (Å²) in [7, 11) is 0. The van der Waals surface area contributed by atoms with E-state index in [-0.39, 0.29) is 77.3 Å². The molecule has 0 aromatic rings. The first-order valence-electron chi connectivity index (χ1n) is 0. The molecular weight excluding hydrogens is 108 g/mol. The smallest absolute Gasteiger partial charge is 1.00 e. The Morgan fingerprint density at radius 1 is 0.800 bits per heavy atom. The molecule has 2 nitrogen and oxygen atoms in total. The van der Waals surface area contributed by atoms with Crippen LogP contribution in [0.4, 0.5) is 0 Å². The molecule has 5 heavy (non-hydrogen) atoms. The summed E-state index contributed by atoms with van der Waals surface area (Å²) in [6.45, 7) is 0. The van der Waals surface area contributed by atoms with Gasteiger partial charge in [0.1, 0.15) is 0 Å². The Hall–Kier alpha value is 1.98. The molecule has 26 valence electrons. The van der Waals surface area contributed by atoms with Crippen molar-refractivity contribution in [2.45, 2.75) is 0 Å². The van der Waals surface area contributed by atoms with Gasteiger partial charge in [-0.1, -0.05) is 0 Å². The van der Waals surface area contributed by atoms with Crippen molar-refractivity contribution >= 4 is 63.5 Å². The van der Waals surface area contributed by atoms with Crippen molar-refractivity contribution in [2.24, 2.45) is 0 Å². The van der Waals surface area contributed by atoms with Gasteiger partial charge in [0.2, 0.25) is 0 Å². The molecule has 0 aromatic heterocycles. The van der Waals surface area contributed by atoms with Gasteiger partial charge in [-0.15, -0.1) is 0 Å². The molecule has 5 heteroatoms. The van der Waals surface area contributed by atoms with E-state index in [4.69, 9.17) is 0 Å². The zero-order valence-corrected chi connectivity index (χ0v) is 5.24. The largest absolute Gasteiger partial charge is 2.00 e. The maximum atomic E-state index is 0. The van der Waals surface area contributed by atoms with Crippen LogP contribution in [0.5, 0.6) is 0 Å². The predicted octanol–water partition coefficient (Wildman–Crippen LogP) is -3.37. The normalized spacial score (nSPS) is 0. The van der Waals surface area contributed by atoms with Gasteiger partial charge in [-0.05, 0) is 0 Å². The Balaban J connectivity index is 0. The molecule has 0 aliphatic heterocycles. The van der Waals surface area contributed by atoms with Gasteiger partial charge in [-0.3, -0.25) is 0 Å². The average molecular weight is 117 g/mol. The van der Waals surface area contributed by atoms with E-state index in [9.17, 15) is 0 Å². The van der Waals surface area contributed by atoms with Crippen molar-refractivity contribution in [1.29, 1.82) is 0 Å². The SMILES string of the molecule is O.O.[AlH3].[H-].[H-].[Mg+2].[Mg+2]. The van der Waals surface area contributed by atoms with E-state index in [1.165, 1.54) is 0 Å². The molecule has 0 saturated heterocycles. The van der Waals surface area contributed by atoms with Crippen LogP contribution >= 0.6 is 0 Å². The van der Waals surface area contributed by atoms with Crippen LogP contribution < -0.4 is 0 Å². The molecule has 0 rings (SSSR count). The summed E-state index contributed by atoms with van der Waals surface area (Å²) in [6.07, 6.45) is 0. The van der Waals surface area contributed by atoms with E-state index in [2.05, 4.69) is 0 Å². The topological polar surface area (TPSA) is 63.0 Å². The Kier molecular flexibility index (Phi) is 479. The first-order chi connectivity index (χ1) is 0. The molecule has 0 fully saturated rings. The molecule has 0 saturated carbocycles. The quantitative estimate of drug-likeness (QED) is 0.297. The Morgan fingerprint density at radius 2 is 0.800 bits per heavy atom. The number of hydrogen-bond acceptors (Lipinski definition) is 0. The fraction of sp³-hybridized carbons (Fsp3) is 0. The summed E-state index contributed by atoms with van der Waals surface area (Å²) in [5.74, 6) is 0. The van der Waals surface area contributed by atoms with Crippen LogP contribution in [0.2, 0.25) is 0 Å². The minimum absolute atomic E-state index is 0. The minimum Gasteiger partial charge on any atom is -1.00 e. The third-order valence-electron chi connectivity index (χ3n) is 0. The van der Waals surface area contributed by atoms with Gasteiger partial charge in [-0.25, -0.2) is 0 Å². The van der Waals surface area contributed by atoms with Crippen molar-refractivity contribution in [1.82, 2.24) is 0 Å². The molecule has 0 unspecified atom stereocenters. The maximum absolute atomic E-state index is 0. The van der Waals surface area contributed by atoms with Crippen LogP contribution in [0.3, 0.4) is 0 Å². The van der Waals surface area contributed by atoms with Crippen molar-refractivity contribution < 1.29 is 13.8 Å². The molecule has 0 bridgehead atoms. The number of hydrogen-bond donors (Lipinski definition) is 0. The summed E-state index contributed by atoms with van der Waals surface area (Å²) in [4.78, 5) is 0. The van der Waals surface area contributed by atoms with E-state index in [1.54, 1.807) is 0 Å².